The number of pyridine rings is 1. The molecule has 0 spiro atoms. The van der Waals surface area contributed by atoms with Crippen molar-refractivity contribution in [2.75, 3.05) is 13.7 Å². The molecule has 1 aliphatic heterocycles. The van der Waals surface area contributed by atoms with Crippen molar-refractivity contribution in [2.24, 2.45) is 0 Å². The van der Waals surface area contributed by atoms with E-state index in [-0.39, 0.29) is 18.9 Å². The molecule has 2 amide bonds. The van der Waals surface area contributed by atoms with Crippen molar-refractivity contribution >= 4 is 17.9 Å². The molecule has 50 heavy (non-hydrogen) atoms. The van der Waals surface area contributed by atoms with Crippen LogP contribution in [0.3, 0.4) is 0 Å². The molecular formula is C41H36F3N3O3. The predicted molar refractivity (Wildman–Crippen MR) is 187 cm³/mol. The van der Waals surface area contributed by atoms with Gasteiger partial charge in [0.15, 0.2) is 0 Å². The van der Waals surface area contributed by atoms with Crippen LogP contribution in [0.1, 0.15) is 33.4 Å². The molecule has 2 heterocycles. The quantitative estimate of drug-likeness (QED) is 0.141. The Morgan fingerprint density at radius 2 is 1.62 bits per heavy atom. The molecule has 0 aliphatic carbocycles. The van der Waals surface area contributed by atoms with Crippen LogP contribution in [0.15, 0.2) is 128 Å². The van der Waals surface area contributed by atoms with Gasteiger partial charge in [-0.05, 0) is 65.1 Å². The zero-order valence-electron chi connectivity index (χ0n) is 27.5. The van der Waals surface area contributed by atoms with Crippen LogP contribution in [0.4, 0.5) is 13.2 Å². The second kappa shape index (κ2) is 15.2. The van der Waals surface area contributed by atoms with Gasteiger partial charge in [0.25, 0.3) is 0 Å². The van der Waals surface area contributed by atoms with Crippen LogP contribution < -0.4 is 4.74 Å². The number of rotatable bonds is 10. The third-order valence-electron chi connectivity index (χ3n) is 8.89. The molecule has 1 aromatic heterocycles. The van der Waals surface area contributed by atoms with Crippen LogP contribution in [0.5, 0.6) is 5.75 Å². The van der Waals surface area contributed by atoms with Crippen LogP contribution >= 0.6 is 0 Å². The number of alkyl halides is 3. The highest BCUT2D eigenvalue weighted by Gasteiger charge is 2.35. The molecule has 6 rings (SSSR count). The first-order valence-corrected chi connectivity index (χ1v) is 16.3. The van der Waals surface area contributed by atoms with E-state index in [1.54, 1.807) is 23.1 Å². The number of methoxy groups -OCH3 is 1. The van der Waals surface area contributed by atoms with Crippen molar-refractivity contribution in [1.29, 1.82) is 0 Å². The SMILES string of the molecule is COc1cccc2c1CCN(C(=O)[C@H](Cc1ccccc1)N(Cc1ccc(-c3ccccn3)cc1)C(=O)C=Cc1ccc(C(F)(F)F)cc1)C2. The Morgan fingerprint density at radius 3 is 2.30 bits per heavy atom. The summed E-state index contributed by atoms with van der Waals surface area (Å²) in [7, 11) is 1.63. The van der Waals surface area contributed by atoms with Crippen molar-refractivity contribution in [3.8, 4) is 17.0 Å². The third kappa shape index (κ3) is 8.11. The number of fused-ring (bicyclic) bond motifs is 1. The van der Waals surface area contributed by atoms with Crippen LogP contribution in [0.25, 0.3) is 17.3 Å². The zero-order valence-corrected chi connectivity index (χ0v) is 27.5. The normalized spacial score (nSPS) is 13.5. The molecule has 4 aromatic carbocycles. The van der Waals surface area contributed by atoms with Crippen LogP contribution in [-0.4, -0.2) is 46.3 Å². The van der Waals surface area contributed by atoms with Gasteiger partial charge >= 0.3 is 6.18 Å². The fraction of sp³-hybridized carbons (Fsp3) is 0.195. The molecule has 9 heteroatoms. The smallest absolute Gasteiger partial charge is 0.416 e. The lowest BCUT2D eigenvalue weighted by atomic mass is 9.96. The van der Waals surface area contributed by atoms with Crippen molar-refractivity contribution < 1.29 is 27.5 Å². The van der Waals surface area contributed by atoms with Crippen molar-refractivity contribution in [2.45, 2.75) is 38.1 Å². The van der Waals surface area contributed by atoms with Gasteiger partial charge in [0.1, 0.15) is 11.8 Å². The summed E-state index contributed by atoms with van der Waals surface area (Å²) < 4.78 is 45.1. The van der Waals surface area contributed by atoms with Gasteiger partial charge in [-0.2, -0.15) is 13.2 Å². The van der Waals surface area contributed by atoms with Gasteiger partial charge in [-0.25, -0.2) is 0 Å². The fourth-order valence-electron chi connectivity index (χ4n) is 6.23. The van der Waals surface area contributed by atoms with Gasteiger partial charge in [-0.3, -0.25) is 14.6 Å². The number of ether oxygens (including phenoxy) is 1. The summed E-state index contributed by atoms with van der Waals surface area (Å²) in [4.78, 5) is 36.6. The minimum absolute atomic E-state index is 0.125. The summed E-state index contributed by atoms with van der Waals surface area (Å²) in [5, 5.41) is 0. The van der Waals surface area contributed by atoms with Crippen LogP contribution in [0.2, 0.25) is 0 Å². The monoisotopic (exact) mass is 675 g/mol. The Labute approximate surface area is 289 Å². The molecule has 1 aliphatic rings. The highest BCUT2D eigenvalue weighted by Crippen LogP contribution is 2.31. The average molecular weight is 676 g/mol. The van der Waals surface area contributed by atoms with Crippen LogP contribution in [-0.2, 0) is 41.7 Å². The standard InChI is InChI=1S/C41H36F3N3O3/c1-50-38-12-7-10-33-28-46(25-23-35(33)38)40(49)37(26-30-8-3-2-4-9-30)47(27-31-13-18-32(19-14-31)36-11-5-6-24-45-36)39(48)22-17-29-15-20-34(21-16-29)41(42,43)44/h2-22,24,37H,23,25-28H2,1H3/t37-/m0/s1. The first-order chi connectivity index (χ1) is 24.2. The first-order valence-electron chi connectivity index (χ1n) is 16.3. The Balaban J connectivity index is 1.34. The molecule has 254 valence electrons. The molecule has 0 bridgehead atoms. The Morgan fingerprint density at radius 1 is 0.880 bits per heavy atom. The topological polar surface area (TPSA) is 62.7 Å². The number of carbonyl (C=O) groups is 2. The van der Waals surface area contributed by atoms with Gasteiger partial charge in [-0.1, -0.05) is 84.9 Å². The molecule has 5 aromatic rings. The van der Waals surface area contributed by atoms with E-state index >= 15 is 0 Å². The van der Waals surface area contributed by atoms with Crippen LogP contribution in [0, 0.1) is 0 Å². The van der Waals surface area contributed by atoms with Crippen molar-refractivity contribution in [3.63, 3.8) is 0 Å². The predicted octanol–water partition coefficient (Wildman–Crippen LogP) is 8.01. The molecular weight excluding hydrogens is 639 g/mol. The van der Waals surface area contributed by atoms with E-state index in [2.05, 4.69) is 4.98 Å². The minimum Gasteiger partial charge on any atom is -0.496 e. The van der Waals surface area contributed by atoms with E-state index in [1.807, 2.05) is 91.0 Å². The first kappa shape index (κ1) is 34.2. The number of aromatic nitrogens is 1. The van der Waals surface area contributed by atoms with Crippen molar-refractivity contribution in [1.82, 2.24) is 14.8 Å². The number of carbonyl (C=O) groups excluding carboxylic acids is 2. The second-order valence-electron chi connectivity index (χ2n) is 12.1. The lowest BCUT2D eigenvalue weighted by Gasteiger charge is -2.37. The number of amides is 2. The number of halogens is 3. The van der Waals surface area contributed by atoms with E-state index in [4.69, 9.17) is 4.74 Å². The highest BCUT2D eigenvalue weighted by atomic mass is 19.4. The van der Waals surface area contributed by atoms with Gasteiger partial charge < -0.3 is 14.5 Å². The summed E-state index contributed by atoms with van der Waals surface area (Å²) in [6, 6.07) is 32.5. The van der Waals surface area contributed by atoms with E-state index in [1.165, 1.54) is 24.3 Å². The summed E-state index contributed by atoms with van der Waals surface area (Å²) in [6.07, 6.45) is 0.945. The van der Waals surface area contributed by atoms with Gasteiger partial charge in [0.2, 0.25) is 11.8 Å². The van der Waals surface area contributed by atoms with E-state index in [0.29, 0.717) is 25.1 Å². The lowest BCUT2D eigenvalue weighted by Crippen LogP contribution is -2.52. The number of hydrogen-bond acceptors (Lipinski definition) is 4. The zero-order chi connectivity index (χ0) is 35.1. The maximum atomic E-state index is 14.6. The highest BCUT2D eigenvalue weighted by molar-refractivity contribution is 5.96. The largest absolute Gasteiger partial charge is 0.496 e. The van der Waals surface area contributed by atoms with Crippen molar-refractivity contribution in [3.05, 3.63) is 161 Å². The Bertz CT molecular complexity index is 1950. The number of nitrogens with zero attached hydrogens (tertiary/aromatic N) is 3. The molecule has 0 N–H and O–H groups in total. The fourth-order valence-corrected chi connectivity index (χ4v) is 6.23. The Hall–Kier alpha value is -5.70. The minimum atomic E-state index is -4.47. The molecule has 0 fully saturated rings. The molecule has 6 nitrogen and oxygen atoms in total. The van der Waals surface area contributed by atoms with E-state index in [9.17, 15) is 22.8 Å². The summed E-state index contributed by atoms with van der Waals surface area (Å²) in [5.41, 5.74) is 5.14. The number of hydrogen-bond donors (Lipinski definition) is 0. The number of benzene rings is 4. The summed E-state index contributed by atoms with van der Waals surface area (Å²) >= 11 is 0. The summed E-state index contributed by atoms with van der Waals surface area (Å²) in [6.45, 7) is 0.957. The molecule has 1 atom stereocenters. The third-order valence-corrected chi connectivity index (χ3v) is 8.89. The molecule has 0 unspecified atom stereocenters. The molecule has 0 saturated carbocycles. The summed E-state index contributed by atoms with van der Waals surface area (Å²) in [5.74, 6) is 0.158. The van der Waals surface area contributed by atoms with E-state index < -0.39 is 23.7 Å². The van der Waals surface area contributed by atoms with Gasteiger partial charge in [-0.15, -0.1) is 0 Å². The molecule has 0 radical (unpaired) electrons. The van der Waals surface area contributed by atoms with E-state index in [0.717, 1.165) is 51.4 Å². The maximum absolute atomic E-state index is 14.6. The molecule has 0 saturated heterocycles. The van der Waals surface area contributed by atoms with Gasteiger partial charge in [0.05, 0.1) is 18.4 Å². The lowest BCUT2D eigenvalue weighted by molar-refractivity contribution is -0.144. The second-order valence-corrected chi connectivity index (χ2v) is 12.1. The van der Waals surface area contributed by atoms with Gasteiger partial charge in [0, 0.05) is 49.5 Å². The average Bonchev–Trinajstić information content (AvgIpc) is 3.15. The Kier molecular flexibility index (Phi) is 10.4. The maximum Gasteiger partial charge on any atom is 0.416 e.